The second kappa shape index (κ2) is 7.18. The number of carbonyl (C=O) groups is 1. The molecule has 0 bridgehead atoms. The van der Waals surface area contributed by atoms with Gasteiger partial charge in [0.1, 0.15) is 12.4 Å². The number of nitrogens with zero attached hydrogens (tertiary/aromatic N) is 1. The zero-order chi connectivity index (χ0) is 17.1. The number of carbonyl (C=O) groups excluding carboxylic acids is 1. The monoisotopic (exact) mass is 336 g/mol. The summed E-state index contributed by atoms with van der Waals surface area (Å²) in [5.41, 5.74) is 5.46. The van der Waals surface area contributed by atoms with Gasteiger partial charge in [-0.3, -0.25) is 0 Å². The standard InChI is InChI=1S/C21H24N2O2/c24-21(23-12-10-17-4-1-2-5-19(17)15-23)22-11-13-25-20-9-8-16-6-3-7-18(16)14-20/h1-2,4-5,8-9,14H,3,6-7,10-13,15H2,(H,22,24). The van der Waals surface area contributed by atoms with Gasteiger partial charge in [0.05, 0.1) is 6.54 Å². The van der Waals surface area contributed by atoms with Crippen LogP contribution < -0.4 is 10.1 Å². The fourth-order valence-corrected chi connectivity index (χ4v) is 3.75. The molecule has 4 nitrogen and oxygen atoms in total. The molecule has 0 fully saturated rings. The van der Waals surface area contributed by atoms with Gasteiger partial charge in [0.25, 0.3) is 0 Å². The van der Waals surface area contributed by atoms with Gasteiger partial charge in [-0.2, -0.15) is 0 Å². The number of ether oxygens (including phenoxy) is 1. The highest BCUT2D eigenvalue weighted by Crippen LogP contribution is 2.26. The molecule has 0 radical (unpaired) electrons. The summed E-state index contributed by atoms with van der Waals surface area (Å²) in [6.45, 7) is 2.48. The van der Waals surface area contributed by atoms with Crippen LogP contribution in [-0.4, -0.2) is 30.6 Å². The number of fused-ring (bicyclic) bond motifs is 2. The van der Waals surface area contributed by atoms with Crippen LogP contribution in [0.4, 0.5) is 4.79 Å². The second-order valence-corrected chi connectivity index (χ2v) is 6.80. The third kappa shape index (κ3) is 3.63. The summed E-state index contributed by atoms with van der Waals surface area (Å²) in [6.07, 6.45) is 4.51. The first-order chi connectivity index (χ1) is 12.3. The first-order valence-electron chi connectivity index (χ1n) is 9.14. The minimum atomic E-state index is -0.00736. The molecule has 2 aromatic carbocycles. The summed E-state index contributed by atoms with van der Waals surface area (Å²) >= 11 is 0. The van der Waals surface area contributed by atoms with Gasteiger partial charge in [-0.05, 0) is 60.1 Å². The molecule has 25 heavy (non-hydrogen) atoms. The average Bonchev–Trinajstić information content (AvgIpc) is 3.12. The molecule has 0 aromatic heterocycles. The van der Waals surface area contributed by atoms with E-state index in [9.17, 15) is 4.79 Å². The van der Waals surface area contributed by atoms with Crippen LogP contribution in [0.2, 0.25) is 0 Å². The van der Waals surface area contributed by atoms with E-state index in [1.165, 1.54) is 35.1 Å². The molecule has 2 aromatic rings. The Morgan fingerprint density at radius 2 is 1.80 bits per heavy atom. The van der Waals surface area contributed by atoms with Gasteiger partial charge in [0, 0.05) is 13.1 Å². The Morgan fingerprint density at radius 1 is 1.00 bits per heavy atom. The summed E-state index contributed by atoms with van der Waals surface area (Å²) in [6, 6.07) is 14.7. The molecule has 0 saturated carbocycles. The molecule has 2 aliphatic rings. The van der Waals surface area contributed by atoms with Gasteiger partial charge in [0.15, 0.2) is 0 Å². The zero-order valence-corrected chi connectivity index (χ0v) is 14.5. The summed E-state index contributed by atoms with van der Waals surface area (Å²) in [5.74, 6) is 0.904. The van der Waals surface area contributed by atoms with Gasteiger partial charge in [-0.25, -0.2) is 4.79 Å². The predicted octanol–water partition coefficient (Wildman–Crippen LogP) is 3.32. The van der Waals surface area contributed by atoms with Crippen LogP contribution >= 0.6 is 0 Å². The van der Waals surface area contributed by atoms with Crippen molar-refractivity contribution in [2.75, 3.05) is 19.7 Å². The van der Waals surface area contributed by atoms with Gasteiger partial charge in [0.2, 0.25) is 0 Å². The third-order valence-corrected chi connectivity index (χ3v) is 5.13. The van der Waals surface area contributed by atoms with Crippen LogP contribution in [0.1, 0.15) is 28.7 Å². The van der Waals surface area contributed by atoms with Crippen molar-refractivity contribution in [1.29, 1.82) is 0 Å². The predicted molar refractivity (Wildman–Crippen MR) is 97.9 cm³/mol. The number of benzene rings is 2. The first kappa shape index (κ1) is 16.0. The Labute approximate surface area is 148 Å². The first-order valence-corrected chi connectivity index (χ1v) is 9.14. The average molecular weight is 336 g/mol. The molecule has 0 spiro atoms. The quantitative estimate of drug-likeness (QED) is 0.870. The van der Waals surface area contributed by atoms with Crippen LogP contribution in [0.15, 0.2) is 42.5 Å². The molecule has 1 aliphatic heterocycles. The maximum absolute atomic E-state index is 12.3. The molecular weight excluding hydrogens is 312 g/mol. The van der Waals surface area contributed by atoms with Gasteiger partial charge < -0.3 is 15.0 Å². The van der Waals surface area contributed by atoms with E-state index in [0.29, 0.717) is 19.7 Å². The lowest BCUT2D eigenvalue weighted by Crippen LogP contribution is -2.43. The number of nitrogens with one attached hydrogen (secondary N) is 1. The van der Waals surface area contributed by atoms with E-state index in [0.717, 1.165) is 25.1 Å². The molecule has 1 heterocycles. The van der Waals surface area contributed by atoms with Crippen molar-refractivity contribution in [3.63, 3.8) is 0 Å². The molecule has 130 valence electrons. The summed E-state index contributed by atoms with van der Waals surface area (Å²) in [5, 5.41) is 2.97. The number of aryl methyl sites for hydroxylation is 2. The van der Waals surface area contributed by atoms with Crippen molar-refractivity contribution in [1.82, 2.24) is 10.2 Å². The van der Waals surface area contributed by atoms with Crippen molar-refractivity contribution in [3.8, 4) is 5.75 Å². The molecule has 4 heteroatoms. The van der Waals surface area contributed by atoms with E-state index in [1.54, 1.807) is 0 Å². The number of hydrogen-bond donors (Lipinski definition) is 1. The lowest BCUT2D eigenvalue weighted by atomic mass is 10.0. The zero-order valence-electron chi connectivity index (χ0n) is 14.5. The van der Waals surface area contributed by atoms with E-state index in [-0.39, 0.29) is 6.03 Å². The van der Waals surface area contributed by atoms with Gasteiger partial charge >= 0.3 is 6.03 Å². The highest BCUT2D eigenvalue weighted by atomic mass is 16.5. The highest BCUT2D eigenvalue weighted by Gasteiger charge is 2.19. The van der Waals surface area contributed by atoms with Crippen LogP contribution in [-0.2, 0) is 25.8 Å². The SMILES string of the molecule is O=C(NCCOc1ccc2c(c1)CCC2)N1CCc2ccccc2C1. The number of urea groups is 1. The van der Waals surface area contributed by atoms with Crippen molar-refractivity contribution in [2.45, 2.75) is 32.2 Å². The van der Waals surface area contributed by atoms with Crippen molar-refractivity contribution < 1.29 is 9.53 Å². The Hall–Kier alpha value is -2.49. The minimum absolute atomic E-state index is 0.00736. The molecule has 2 amide bonds. The third-order valence-electron chi connectivity index (χ3n) is 5.13. The lowest BCUT2D eigenvalue weighted by Gasteiger charge is -2.28. The summed E-state index contributed by atoms with van der Waals surface area (Å²) in [7, 11) is 0. The van der Waals surface area contributed by atoms with Gasteiger partial charge in [-0.1, -0.05) is 30.3 Å². The maximum atomic E-state index is 12.3. The van der Waals surface area contributed by atoms with E-state index in [2.05, 4.69) is 35.6 Å². The Balaban J connectivity index is 1.23. The molecule has 0 atom stereocenters. The topological polar surface area (TPSA) is 41.6 Å². The molecular formula is C21H24N2O2. The largest absolute Gasteiger partial charge is 0.492 e. The number of hydrogen-bond acceptors (Lipinski definition) is 2. The van der Waals surface area contributed by atoms with Gasteiger partial charge in [-0.15, -0.1) is 0 Å². The van der Waals surface area contributed by atoms with E-state index in [1.807, 2.05) is 17.0 Å². The molecule has 1 N–H and O–H groups in total. The van der Waals surface area contributed by atoms with E-state index >= 15 is 0 Å². The Morgan fingerprint density at radius 3 is 2.72 bits per heavy atom. The lowest BCUT2D eigenvalue weighted by molar-refractivity contribution is 0.189. The Kier molecular flexibility index (Phi) is 4.59. The van der Waals surface area contributed by atoms with Crippen LogP contribution in [0.3, 0.4) is 0 Å². The van der Waals surface area contributed by atoms with E-state index in [4.69, 9.17) is 4.74 Å². The fraction of sp³-hybridized carbons (Fsp3) is 0.381. The smallest absolute Gasteiger partial charge is 0.317 e. The molecule has 0 unspecified atom stereocenters. The van der Waals surface area contributed by atoms with Crippen molar-refractivity contribution in [3.05, 3.63) is 64.7 Å². The normalized spacial score (nSPS) is 15.4. The highest BCUT2D eigenvalue weighted by molar-refractivity contribution is 5.74. The van der Waals surface area contributed by atoms with E-state index < -0.39 is 0 Å². The van der Waals surface area contributed by atoms with Crippen LogP contribution in [0, 0.1) is 0 Å². The molecule has 1 aliphatic carbocycles. The minimum Gasteiger partial charge on any atom is -0.492 e. The number of rotatable bonds is 4. The second-order valence-electron chi connectivity index (χ2n) is 6.80. The van der Waals surface area contributed by atoms with Crippen LogP contribution in [0.5, 0.6) is 5.75 Å². The van der Waals surface area contributed by atoms with Crippen molar-refractivity contribution in [2.24, 2.45) is 0 Å². The molecule has 0 saturated heterocycles. The Bertz CT molecular complexity index is 772. The summed E-state index contributed by atoms with van der Waals surface area (Å²) in [4.78, 5) is 14.2. The molecule has 4 rings (SSSR count). The van der Waals surface area contributed by atoms with Crippen molar-refractivity contribution >= 4 is 6.03 Å². The number of amides is 2. The van der Waals surface area contributed by atoms with Crippen LogP contribution in [0.25, 0.3) is 0 Å². The summed E-state index contributed by atoms with van der Waals surface area (Å²) < 4.78 is 5.79. The fourth-order valence-electron chi connectivity index (χ4n) is 3.75. The maximum Gasteiger partial charge on any atom is 0.317 e.